The summed E-state index contributed by atoms with van der Waals surface area (Å²) in [6, 6.07) is 5.18. The summed E-state index contributed by atoms with van der Waals surface area (Å²) in [4.78, 5) is 25.9. The summed E-state index contributed by atoms with van der Waals surface area (Å²) in [6.45, 7) is -0.183. The molecule has 0 fully saturated rings. The number of H-pyrrole nitrogens is 1. The molecule has 0 unspecified atom stereocenters. The summed E-state index contributed by atoms with van der Waals surface area (Å²) < 4.78 is 14.9. The zero-order valence-corrected chi connectivity index (χ0v) is 12.0. The predicted molar refractivity (Wildman–Crippen MR) is 75.8 cm³/mol. The highest BCUT2D eigenvalue weighted by Gasteiger charge is 2.13. The third-order valence-electron chi connectivity index (χ3n) is 2.99. The molecule has 0 radical (unpaired) electrons. The first kappa shape index (κ1) is 14.7. The summed E-state index contributed by atoms with van der Waals surface area (Å²) in [7, 11) is 4.34. The van der Waals surface area contributed by atoms with Gasteiger partial charge in [0.25, 0.3) is 5.91 Å². The minimum absolute atomic E-state index is 0.183. The molecule has 1 amide bonds. The van der Waals surface area contributed by atoms with Gasteiger partial charge in [-0.15, -0.1) is 0 Å². The number of carbonyl (C=O) groups excluding carboxylic acids is 2. The molecule has 2 aromatic rings. The van der Waals surface area contributed by atoms with Gasteiger partial charge in [0.2, 0.25) is 0 Å². The number of methoxy groups -OCH3 is 3. The van der Waals surface area contributed by atoms with Crippen molar-refractivity contribution in [2.24, 2.45) is 0 Å². The predicted octanol–water partition coefficient (Wildman–Crippen LogP) is 1.09. The Morgan fingerprint density at radius 1 is 1.10 bits per heavy atom. The molecule has 0 aliphatic rings. The van der Waals surface area contributed by atoms with E-state index in [1.807, 2.05) is 0 Å². The van der Waals surface area contributed by atoms with Crippen LogP contribution < -0.4 is 14.8 Å². The number of hydrogen-bond acceptors (Lipinski definition) is 5. The van der Waals surface area contributed by atoms with Crippen molar-refractivity contribution in [3.63, 3.8) is 0 Å². The third-order valence-corrected chi connectivity index (χ3v) is 2.99. The molecule has 112 valence electrons. The normalized spacial score (nSPS) is 10.2. The molecule has 0 aliphatic heterocycles. The summed E-state index contributed by atoms with van der Waals surface area (Å²) >= 11 is 0. The summed E-state index contributed by atoms with van der Waals surface area (Å²) in [5.41, 5.74) is 1.07. The molecule has 1 heterocycles. The lowest BCUT2D eigenvalue weighted by Crippen LogP contribution is -2.30. The second-order valence-corrected chi connectivity index (χ2v) is 4.24. The Morgan fingerprint density at radius 2 is 1.76 bits per heavy atom. The number of hydrogen-bond donors (Lipinski definition) is 2. The number of aromatic nitrogens is 1. The van der Waals surface area contributed by atoms with Crippen LogP contribution in [0.1, 0.15) is 10.5 Å². The van der Waals surface area contributed by atoms with Crippen molar-refractivity contribution < 1.29 is 23.8 Å². The molecular formula is C14H16N2O5. The second-order valence-electron chi connectivity index (χ2n) is 4.24. The van der Waals surface area contributed by atoms with Crippen LogP contribution in [0.4, 0.5) is 0 Å². The molecule has 2 N–H and O–H groups in total. The monoisotopic (exact) mass is 292 g/mol. The van der Waals surface area contributed by atoms with Crippen LogP contribution in [0.5, 0.6) is 11.5 Å². The molecule has 0 spiro atoms. The standard InChI is InChI=1S/C14H16N2O5/c1-19-11-5-8-4-10(14(18)15-7-13(17)21-3)16-9(8)6-12(11)20-2/h4-6,16H,7H2,1-3H3,(H,15,18). The Labute approximate surface area is 121 Å². The molecule has 0 saturated heterocycles. The van der Waals surface area contributed by atoms with Crippen LogP contribution in [0.25, 0.3) is 10.9 Å². The lowest BCUT2D eigenvalue weighted by Gasteiger charge is -2.06. The van der Waals surface area contributed by atoms with E-state index in [1.54, 1.807) is 25.3 Å². The van der Waals surface area contributed by atoms with E-state index < -0.39 is 11.9 Å². The van der Waals surface area contributed by atoms with Crippen LogP contribution in [-0.2, 0) is 9.53 Å². The first-order valence-corrected chi connectivity index (χ1v) is 6.18. The molecule has 1 aromatic heterocycles. The van der Waals surface area contributed by atoms with Crippen LogP contribution in [0.3, 0.4) is 0 Å². The summed E-state index contributed by atoms with van der Waals surface area (Å²) in [5.74, 6) is 0.233. The molecule has 7 nitrogen and oxygen atoms in total. The van der Waals surface area contributed by atoms with Crippen molar-refractivity contribution >= 4 is 22.8 Å². The van der Waals surface area contributed by atoms with Crippen LogP contribution in [0, 0.1) is 0 Å². The SMILES string of the molecule is COC(=O)CNC(=O)c1cc2cc(OC)c(OC)cc2[nH]1. The van der Waals surface area contributed by atoms with Crippen molar-refractivity contribution in [2.75, 3.05) is 27.9 Å². The third kappa shape index (κ3) is 3.07. The topological polar surface area (TPSA) is 89.7 Å². The molecule has 0 bridgehead atoms. The number of rotatable bonds is 5. The lowest BCUT2D eigenvalue weighted by atomic mass is 10.2. The first-order chi connectivity index (χ1) is 10.1. The van der Waals surface area contributed by atoms with E-state index in [1.165, 1.54) is 14.2 Å². The highest BCUT2D eigenvalue weighted by molar-refractivity contribution is 5.99. The van der Waals surface area contributed by atoms with Gasteiger partial charge in [0.15, 0.2) is 11.5 Å². The number of esters is 1. The number of aromatic amines is 1. The van der Waals surface area contributed by atoms with Crippen LogP contribution >= 0.6 is 0 Å². The lowest BCUT2D eigenvalue weighted by molar-refractivity contribution is -0.139. The Balaban J connectivity index is 2.26. The molecule has 1 aromatic carbocycles. The number of fused-ring (bicyclic) bond motifs is 1. The number of benzene rings is 1. The maximum atomic E-state index is 11.9. The van der Waals surface area contributed by atoms with E-state index in [2.05, 4.69) is 15.0 Å². The van der Waals surface area contributed by atoms with Crippen LogP contribution in [0.15, 0.2) is 18.2 Å². The van der Waals surface area contributed by atoms with E-state index in [0.29, 0.717) is 17.2 Å². The van der Waals surface area contributed by atoms with Gasteiger partial charge in [0.05, 0.1) is 21.3 Å². The average molecular weight is 292 g/mol. The highest BCUT2D eigenvalue weighted by Crippen LogP contribution is 2.32. The van der Waals surface area contributed by atoms with Gasteiger partial charge in [0.1, 0.15) is 12.2 Å². The van der Waals surface area contributed by atoms with Crippen LogP contribution in [-0.4, -0.2) is 44.7 Å². The van der Waals surface area contributed by atoms with Gasteiger partial charge in [-0.25, -0.2) is 0 Å². The summed E-state index contributed by atoms with van der Waals surface area (Å²) in [5, 5.41) is 3.26. The van der Waals surface area contributed by atoms with Gasteiger partial charge in [-0.3, -0.25) is 9.59 Å². The molecule has 0 saturated carbocycles. The van der Waals surface area contributed by atoms with Gasteiger partial charge < -0.3 is 24.5 Å². The van der Waals surface area contributed by atoms with Gasteiger partial charge in [-0.2, -0.15) is 0 Å². The highest BCUT2D eigenvalue weighted by atomic mass is 16.5. The van der Waals surface area contributed by atoms with Crippen molar-refractivity contribution in [1.29, 1.82) is 0 Å². The number of carbonyl (C=O) groups is 2. The Hall–Kier alpha value is -2.70. The fraction of sp³-hybridized carbons (Fsp3) is 0.286. The minimum Gasteiger partial charge on any atom is -0.493 e. The van der Waals surface area contributed by atoms with E-state index in [4.69, 9.17) is 9.47 Å². The zero-order chi connectivity index (χ0) is 15.4. The molecular weight excluding hydrogens is 276 g/mol. The minimum atomic E-state index is -0.511. The van der Waals surface area contributed by atoms with E-state index in [-0.39, 0.29) is 6.54 Å². The van der Waals surface area contributed by atoms with Crippen molar-refractivity contribution in [3.8, 4) is 11.5 Å². The van der Waals surface area contributed by atoms with Gasteiger partial charge in [0, 0.05) is 17.0 Å². The molecule has 21 heavy (non-hydrogen) atoms. The van der Waals surface area contributed by atoms with Crippen LogP contribution in [0.2, 0.25) is 0 Å². The Kier molecular flexibility index (Phi) is 4.32. The maximum absolute atomic E-state index is 11.9. The Morgan fingerprint density at radius 3 is 2.38 bits per heavy atom. The van der Waals surface area contributed by atoms with Crippen molar-refractivity contribution in [3.05, 3.63) is 23.9 Å². The number of nitrogens with one attached hydrogen (secondary N) is 2. The average Bonchev–Trinajstić information content (AvgIpc) is 2.93. The quantitative estimate of drug-likeness (QED) is 0.805. The summed E-state index contributed by atoms with van der Waals surface area (Å²) in [6.07, 6.45) is 0. The smallest absolute Gasteiger partial charge is 0.325 e. The maximum Gasteiger partial charge on any atom is 0.325 e. The second kappa shape index (κ2) is 6.17. The van der Waals surface area contributed by atoms with E-state index in [0.717, 1.165) is 10.9 Å². The fourth-order valence-electron chi connectivity index (χ4n) is 1.90. The largest absolute Gasteiger partial charge is 0.493 e. The molecule has 2 rings (SSSR count). The first-order valence-electron chi connectivity index (χ1n) is 6.18. The van der Waals surface area contributed by atoms with Gasteiger partial charge in [-0.05, 0) is 12.1 Å². The van der Waals surface area contributed by atoms with Gasteiger partial charge >= 0.3 is 5.97 Å². The molecule has 0 aliphatic carbocycles. The van der Waals surface area contributed by atoms with E-state index in [9.17, 15) is 9.59 Å². The fourth-order valence-corrected chi connectivity index (χ4v) is 1.90. The van der Waals surface area contributed by atoms with Gasteiger partial charge in [-0.1, -0.05) is 0 Å². The van der Waals surface area contributed by atoms with E-state index >= 15 is 0 Å². The number of amides is 1. The molecule has 7 heteroatoms. The number of ether oxygens (including phenoxy) is 3. The van der Waals surface area contributed by atoms with Crippen molar-refractivity contribution in [2.45, 2.75) is 0 Å². The Bertz CT molecular complexity index is 636. The van der Waals surface area contributed by atoms with Crippen molar-refractivity contribution in [1.82, 2.24) is 10.3 Å². The zero-order valence-electron chi connectivity index (χ0n) is 12.0. The molecule has 0 atom stereocenters.